The summed E-state index contributed by atoms with van der Waals surface area (Å²) in [6.45, 7) is 2.76. The molecule has 1 unspecified atom stereocenters. The second kappa shape index (κ2) is 6.14. The van der Waals surface area contributed by atoms with Crippen LogP contribution in [0, 0.1) is 15.5 Å². The summed E-state index contributed by atoms with van der Waals surface area (Å²) in [6, 6.07) is 2.00. The molecule has 0 amide bonds. The van der Waals surface area contributed by atoms with Crippen molar-refractivity contribution in [3.05, 3.63) is 28.4 Å². The molecular weight excluding hydrogens is 302 g/mol. The molecule has 116 valence electrons. The van der Waals surface area contributed by atoms with Gasteiger partial charge >= 0.3 is 11.8 Å². The van der Waals surface area contributed by atoms with E-state index in [1.807, 2.05) is 0 Å². The van der Waals surface area contributed by atoms with E-state index in [1.54, 1.807) is 6.92 Å². The lowest BCUT2D eigenvalue weighted by Gasteiger charge is -2.22. The maximum atomic E-state index is 12.0. The average Bonchev–Trinajstić information content (AvgIpc) is 2.44. The largest absolute Gasteiger partial charge is 0.481 e. The van der Waals surface area contributed by atoms with Crippen LogP contribution in [0.4, 0.5) is 5.82 Å². The number of nitrogens with zero attached hydrogens (tertiary/aromatic N) is 2. The fraction of sp³-hybridized carbons (Fsp3) is 0.455. The molecule has 0 saturated heterocycles. The number of carboxylic acid groups (broad SMARTS) is 1. The van der Waals surface area contributed by atoms with E-state index in [0.717, 1.165) is 18.3 Å². The molecule has 0 aliphatic heterocycles. The first-order chi connectivity index (χ1) is 9.62. The number of nitrogens with one attached hydrogen (secondary N) is 1. The molecule has 10 heteroatoms. The van der Waals surface area contributed by atoms with Crippen LogP contribution in [0.1, 0.15) is 20.3 Å². The highest BCUT2D eigenvalue weighted by molar-refractivity contribution is 7.89. The summed E-state index contributed by atoms with van der Waals surface area (Å²) < 4.78 is 26.1. The monoisotopic (exact) mass is 317 g/mol. The number of rotatable bonds is 7. The molecule has 0 bridgehead atoms. The Morgan fingerprint density at radius 2 is 2.14 bits per heavy atom. The smallest absolute Gasteiger partial charge is 0.363 e. The van der Waals surface area contributed by atoms with Crippen molar-refractivity contribution >= 4 is 21.8 Å². The third-order valence-corrected chi connectivity index (χ3v) is 4.55. The van der Waals surface area contributed by atoms with E-state index in [2.05, 4.69) is 9.71 Å². The van der Waals surface area contributed by atoms with Gasteiger partial charge < -0.3 is 15.2 Å². The number of carbonyl (C=O) groups is 1. The fourth-order valence-electron chi connectivity index (χ4n) is 1.33. The molecule has 0 aliphatic rings. The van der Waals surface area contributed by atoms with Crippen LogP contribution in [0.15, 0.2) is 23.2 Å². The van der Waals surface area contributed by atoms with E-state index < -0.39 is 32.1 Å². The van der Waals surface area contributed by atoms with Gasteiger partial charge in [0.2, 0.25) is 10.0 Å². The molecule has 1 aromatic heterocycles. The van der Waals surface area contributed by atoms with Crippen LogP contribution in [0.25, 0.3) is 0 Å². The Labute approximate surface area is 121 Å². The van der Waals surface area contributed by atoms with Crippen molar-refractivity contribution in [1.29, 1.82) is 0 Å². The van der Waals surface area contributed by atoms with Crippen LogP contribution in [0.3, 0.4) is 0 Å². The zero-order valence-electron chi connectivity index (χ0n) is 11.4. The number of sulfonamides is 1. The molecule has 2 N–H and O–H groups in total. The highest BCUT2D eigenvalue weighted by Crippen LogP contribution is 2.21. The van der Waals surface area contributed by atoms with Crippen LogP contribution in [0.2, 0.25) is 0 Å². The Balaban J connectivity index is 2.92. The number of aromatic nitrogens is 1. The molecule has 1 rings (SSSR count). The Kier molecular flexibility index (Phi) is 4.97. The van der Waals surface area contributed by atoms with Crippen molar-refractivity contribution < 1.29 is 23.2 Å². The number of pyridine rings is 1. The van der Waals surface area contributed by atoms with E-state index in [0.29, 0.717) is 0 Å². The van der Waals surface area contributed by atoms with E-state index in [-0.39, 0.29) is 17.9 Å². The summed E-state index contributed by atoms with van der Waals surface area (Å²) in [5.74, 6) is -1.59. The summed E-state index contributed by atoms with van der Waals surface area (Å²) in [6.07, 6.45) is 1.09. The van der Waals surface area contributed by atoms with E-state index in [1.165, 1.54) is 6.92 Å². The van der Waals surface area contributed by atoms with Crippen molar-refractivity contribution in [2.75, 3.05) is 6.54 Å². The second-order valence-electron chi connectivity index (χ2n) is 4.65. The van der Waals surface area contributed by atoms with Crippen LogP contribution in [0.5, 0.6) is 0 Å². The van der Waals surface area contributed by atoms with E-state index in [9.17, 15) is 23.3 Å². The van der Waals surface area contributed by atoms with Gasteiger partial charge in [0.05, 0.1) is 5.41 Å². The Hall–Kier alpha value is -2.07. The molecule has 9 nitrogen and oxygen atoms in total. The predicted octanol–water partition coefficient (Wildman–Crippen LogP) is 0.769. The van der Waals surface area contributed by atoms with Crippen molar-refractivity contribution in [1.82, 2.24) is 9.71 Å². The van der Waals surface area contributed by atoms with Gasteiger partial charge in [-0.05, 0) is 29.3 Å². The molecule has 0 saturated carbocycles. The van der Waals surface area contributed by atoms with Crippen LogP contribution < -0.4 is 4.72 Å². The third-order valence-electron chi connectivity index (χ3n) is 3.17. The number of carboxylic acids is 1. The van der Waals surface area contributed by atoms with Gasteiger partial charge in [-0.25, -0.2) is 13.1 Å². The lowest BCUT2D eigenvalue weighted by molar-refractivity contribution is -0.389. The number of hydrogen-bond donors (Lipinski definition) is 2. The second-order valence-corrected chi connectivity index (χ2v) is 6.42. The fourth-order valence-corrected chi connectivity index (χ4v) is 2.44. The number of hydrogen-bond acceptors (Lipinski definition) is 6. The number of aliphatic carboxylic acids is 1. The van der Waals surface area contributed by atoms with Crippen molar-refractivity contribution in [3.63, 3.8) is 0 Å². The number of nitro groups is 1. The molecule has 0 aliphatic carbocycles. The lowest BCUT2D eigenvalue weighted by Crippen LogP contribution is -2.40. The maximum absolute atomic E-state index is 12.0. The quantitative estimate of drug-likeness (QED) is 0.559. The average molecular weight is 317 g/mol. The normalized spacial score (nSPS) is 14.4. The molecular formula is C11H15N3O6S. The van der Waals surface area contributed by atoms with Crippen molar-refractivity contribution in [3.8, 4) is 0 Å². The van der Waals surface area contributed by atoms with Gasteiger partial charge in [0.1, 0.15) is 4.90 Å². The van der Waals surface area contributed by atoms with Crippen LogP contribution in [-0.4, -0.2) is 35.9 Å². The van der Waals surface area contributed by atoms with Crippen molar-refractivity contribution in [2.45, 2.75) is 25.2 Å². The topological polar surface area (TPSA) is 140 Å². The zero-order chi connectivity index (χ0) is 16.3. The molecule has 0 aromatic carbocycles. The van der Waals surface area contributed by atoms with Crippen LogP contribution >= 0.6 is 0 Å². The van der Waals surface area contributed by atoms with Gasteiger partial charge in [-0.3, -0.25) is 4.79 Å². The van der Waals surface area contributed by atoms with Gasteiger partial charge in [0.15, 0.2) is 6.20 Å². The summed E-state index contributed by atoms with van der Waals surface area (Å²) in [5.41, 5.74) is -1.23. The molecule has 0 radical (unpaired) electrons. The third kappa shape index (κ3) is 3.95. The van der Waals surface area contributed by atoms with Gasteiger partial charge in [-0.2, -0.15) is 0 Å². The highest BCUT2D eigenvalue weighted by atomic mass is 32.2. The summed E-state index contributed by atoms with van der Waals surface area (Å²) >= 11 is 0. The molecule has 1 heterocycles. The van der Waals surface area contributed by atoms with Gasteiger partial charge in [0.25, 0.3) is 0 Å². The lowest BCUT2D eigenvalue weighted by atomic mass is 9.88. The summed E-state index contributed by atoms with van der Waals surface area (Å²) in [7, 11) is -3.98. The highest BCUT2D eigenvalue weighted by Gasteiger charge is 2.33. The van der Waals surface area contributed by atoms with Crippen molar-refractivity contribution in [2.24, 2.45) is 5.41 Å². The Morgan fingerprint density at radius 1 is 1.52 bits per heavy atom. The molecule has 21 heavy (non-hydrogen) atoms. The first-order valence-electron chi connectivity index (χ1n) is 5.96. The minimum absolute atomic E-state index is 0.239. The Bertz CT molecular complexity index is 642. The van der Waals surface area contributed by atoms with Crippen LogP contribution in [-0.2, 0) is 14.8 Å². The van der Waals surface area contributed by atoms with E-state index >= 15 is 0 Å². The molecule has 0 fully saturated rings. The molecule has 1 aromatic rings. The SMILES string of the molecule is CCC(C)(CNS(=O)(=O)c1ccc([N+](=O)[O-])nc1)C(=O)O. The molecule has 1 atom stereocenters. The Morgan fingerprint density at radius 3 is 2.52 bits per heavy atom. The van der Waals surface area contributed by atoms with E-state index in [4.69, 9.17) is 5.11 Å². The summed E-state index contributed by atoms with van der Waals surface area (Å²) in [4.78, 5) is 23.9. The van der Waals surface area contributed by atoms with Gasteiger partial charge in [-0.15, -0.1) is 0 Å². The van der Waals surface area contributed by atoms with Gasteiger partial charge in [-0.1, -0.05) is 6.92 Å². The minimum Gasteiger partial charge on any atom is -0.481 e. The molecule has 0 spiro atoms. The zero-order valence-corrected chi connectivity index (χ0v) is 12.3. The maximum Gasteiger partial charge on any atom is 0.363 e. The first kappa shape index (κ1) is 17.0. The first-order valence-corrected chi connectivity index (χ1v) is 7.44. The standard InChI is InChI=1S/C11H15N3O6S/c1-3-11(2,10(15)16)7-13-21(19,20)8-4-5-9(12-6-8)14(17)18/h4-6,13H,3,7H2,1-2H3,(H,15,16). The van der Waals surface area contributed by atoms with Gasteiger partial charge in [0, 0.05) is 12.6 Å². The summed E-state index contributed by atoms with van der Waals surface area (Å²) in [5, 5.41) is 19.5. The minimum atomic E-state index is -3.98. The predicted molar refractivity (Wildman–Crippen MR) is 72.1 cm³/mol.